The number of hydrogen-bond acceptors (Lipinski definition) is 1. The van der Waals surface area contributed by atoms with Crippen molar-refractivity contribution < 1.29 is 65.4 Å². The summed E-state index contributed by atoms with van der Waals surface area (Å²) in [5, 5.41) is 0. The third-order valence-electron chi connectivity index (χ3n) is 1.93. The number of rotatable bonds is 2. The number of hydrogen-bond donors (Lipinski definition) is 0. The Hall–Kier alpha value is 1.23. The van der Waals surface area contributed by atoms with Crippen molar-refractivity contribution in [2.24, 2.45) is 0 Å². The minimum atomic E-state index is 0. The van der Waals surface area contributed by atoms with Gasteiger partial charge in [0, 0.05) is 71.6 Å². The van der Waals surface area contributed by atoms with E-state index < -0.39 is 0 Å². The van der Waals surface area contributed by atoms with Crippen molar-refractivity contribution in [2.75, 3.05) is 0 Å². The van der Waals surface area contributed by atoms with Crippen LogP contribution in [0.3, 0.4) is 0 Å². The Balaban J connectivity index is 0. The Morgan fingerprint density at radius 1 is 1.21 bits per heavy atom. The molecule has 0 atom stereocenters. The molecule has 0 saturated carbocycles. The van der Waals surface area contributed by atoms with Gasteiger partial charge in [-0.2, -0.15) is 11.5 Å². The first-order valence-corrected chi connectivity index (χ1v) is 4.38. The SMILES string of the molecule is C[C-](C)c1ncccc1C(C)C.[Y].[Y]. The van der Waals surface area contributed by atoms with Crippen LogP contribution in [0.4, 0.5) is 0 Å². The largest absolute Gasteiger partial charge is 0.295 e. The van der Waals surface area contributed by atoms with Crippen molar-refractivity contribution in [3.05, 3.63) is 35.5 Å². The summed E-state index contributed by atoms with van der Waals surface area (Å²) in [6.07, 6.45) is 1.86. The van der Waals surface area contributed by atoms with Crippen LogP contribution in [0, 0.1) is 5.92 Å². The Labute approximate surface area is 138 Å². The molecule has 3 heteroatoms. The molecule has 1 aromatic rings. The molecule has 0 aliphatic rings. The van der Waals surface area contributed by atoms with Gasteiger partial charge in [-0.1, -0.05) is 31.5 Å². The molecule has 0 aromatic carbocycles. The zero-order valence-electron chi connectivity index (χ0n) is 9.41. The molecule has 72 valence electrons. The minimum Gasteiger partial charge on any atom is -0.295 e. The van der Waals surface area contributed by atoms with Gasteiger partial charge in [0.05, 0.1) is 0 Å². The van der Waals surface area contributed by atoms with Crippen molar-refractivity contribution >= 4 is 0 Å². The van der Waals surface area contributed by atoms with Crippen LogP contribution in [0.25, 0.3) is 0 Å². The molecule has 14 heavy (non-hydrogen) atoms. The molecule has 1 heterocycles. The summed E-state index contributed by atoms with van der Waals surface area (Å²) < 4.78 is 0. The van der Waals surface area contributed by atoms with Gasteiger partial charge >= 0.3 is 0 Å². The second-order valence-electron chi connectivity index (χ2n) is 3.60. The first-order chi connectivity index (χ1) is 5.63. The first-order valence-electron chi connectivity index (χ1n) is 4.38. The number of aromatic nitrogens is 1. The molecular weight excluding hydrogens is 324 g/mol. The maximum atomic E-state index is 4.36. The van der Waals surface area contributed by atoms with Gasteiger partial charge in [0.15, 0.2) is 0 Å². The summed E-state index contributed by atoms with van der Waals surface area (Å²) >= 11 is 0. The van der Waals surface area contributed by atoms with Gasteiger partial charge in [-0.15, -0.1) is 19.9 Å². The molecule has 2 radical (unpaired) electrons. The summed E-state index contributed by atoms with van der Waals surface area (Å²) in [4.78, 5) is 4.36. The van der Waals surface area contributed by atoms with Crippen molar-refractivity contribution in [1.82, 2.24) is 4.98 Å². The Bertz CT molecular complexity index is 232. The molecular formula is C11H16NY2-. The standard InChI is InChI=1S/C11H16N.2Y/c1-8(2)10-6-5-7-12-11(10)9(3)4;;/h5-8H,1-4H3;;/q-1;;. The van der Waals surface area contributed by atoms with E-state index in [4.69, 9.17) is 0 Å². The third kappa shape index (κ3) is 4.83. The van der Waals surface area contributed by atoms with E-state index in [1.807, 2.05) is 12.3 Å². The predicted molar refractivity (Wildman–Crippen MR) is 52.0 cm³/mol. The van der Waals surface area contributed by atoms with Gasteiger partial charge in [-0.05, 0) is 0 Å². The molecule has 0 saturated heterocycles. The molecule has 0 spiro atoms. The van der Waals surface area contributed by atoms with E-state index in [9.17, 15) is 0 Å². The molecule has 1 nitrogen and oxygen atoms in total. The summed E-state index contributed by atoms with van der Waals surface area (Å²) in [6, 6.07) is 4.15. The smallest absolute Gasteiger partial charge is 0.0223 e. The normalized spacial score (nSPS) is 8.93. The molecule has 0 N–H and O–H groups in total. The molecule has 1 aromatic heterocycles. The first kappa shape index (κ1) is 17.6. The molecule has 0 unspecified atom stereocenters. The molecule has 0 bridgehead atoms. The van der Waals surface area contributed by atoms with E-state index in [0.29, 0.717) is 5.92 Å². The topological polar surface area (TPSA) is 12.9 Å². The van der Waals surface area contributed by atoms with Gasteiger partial charge in [-0.3, -0.25) is 4.98 Å². The van der Waals surface area contributed by atoms with Crippen LogP contribution in [0.5, 0.6) is 0 Å². The number of pyridine rings is 1. The fraction of sp³-hybridized carbons (Fsp3) is 0.455. The third-order valence-corrected chi connectivity index (χ3v) is 1.93. The van der Waals surface area contributed by atoms with Gasteiger partial charge in [0.1, 0.15) is 0 Å². The van der Waals surface area contributed by atoms with Gasteiger partial charge in [0.2, 0.25) is 0 Å². The van der Waals surface area contributed by atoms with Crippen molar-refractivity contribution in [2.45, 2.75) is 33.6 Å². The Morgan fingerprint density at radius 2 is 1.79 bits per heavy atom. The van der Waals surface area contributed by atoms with E-state index in [-0.39, 0.29) is 65.4 Å². The van der Waals surface area contributed by atoms with Crippen molar-refractivity contribution in [3.63, 3.8) is 0 Å². The van der Waals surface area contributed by atoms with Crippen LogP contribution < -0.4 is 0 Å². The average molecular weight is 340 g/mol. The maximum Gasteiger partial charge on any atom is 0.0223 e. The monoisotopic (exact) mass is 340 g/mol. The maximum absolute atomic E-state index is 4.36. The van der Waals surface area contributed by atoms with Crippen LogP contribution in [-0.2, 0) is 65.4 Å². The summed E-state index contributed by atoms with van der Waals surface area (Å²) in [6.45, 7) is 8.61. The average Bonchev–Trinajstić information content (AvgIpc) is 2.04. The molecule has 0 amide bonds. The van der Waals surface area contributed by atoms with Gasteiger partial charge < -0.3 is 0 Å². The zero-order chi connectivity index (χ0) is 9.14. The second-order valence-corrected chi connectivity index (χ2v) is 3.60. The van der Waals surface area contributed by atoms with Crippen LogP contribution in [0.1, 0.15) is 44.9 Å². The zero-order valence-corrected chi connectivity index (χ0v) is 15.1. The van der Waals surface area contributed by atoms with E-state index in [2.05, 4.69) is 38.7 Å². The fourth-order valence-corrected chi connectivity index (χ4v) is 1.30. The van der Waals surface area contributed by atoms with E-state index >= 15 is 0 Å². The van der Waals surface area contributed by atoms with E-state index in [0.717, 1.165) is 5.69 Å². The van der Waals surface area contributed by atoms with E-state index in [1.54, 1.807) is 0 Å². The van der Waals surface area contributed by atoms with Crippen LogP contribution in [0.2, 0.25) is 0 Å². The van der Waals surface area contributed by atoms with Crippen LogP contribution in [-0.4, -0.2) is 4.98 Å². The minimum absolute atomic E-state index is 0. The molecule has 0 aliphatic heterocycles. The second kappa shape index (κ2) is 8.39. The van der Waals surface area contributed by atoms with Crippen LogP contribution in [0.15, 0.2) is 18.3 Å². The van der Waals surface area contributed by atoms with Crippen molar-refractivity contribution in [3.8, 4) is 0 Å². The Morgan fingerprint density at radius 3 is 2.14 bits per heavy atom. The summed E-state index contributed by atoms with van der Waals surface area (Å²) in [5.74, 6) is 1.85. The van der Waals surface area contributed by atoms with Crippen LogP contribution >= 0.6 is 0 Å². The molecule has 1 rings (SSSR count). The van der Waals surface area contributed by atoms with Crippen molar-refractivity contribution in [1.29, 1.82) is 0 Å². The predicted octanol–water partition coefficient (Wildman–Crippen LogP) is 3.16. The fourth-order valence-electron chi connectivity index (χ4n) is 1.30. The number of nitrogens with zero attached hydrogens (tertiary/aromatic N) is 1. The quantitative estimate of drug-likeness (QED) is 0.754. The van der Waals surface area contributed by atoms with Gasteiger partial charge in [0.25, 0.3) is 0 Å². The molecule has 0 fully saturated rings. The summed E-state index contributed by atoms with van der Waals surface area (Å²) in [7, 11) is 0. The summed E-state index contributed by atoms with van der Waals surface area (Å²) in [5.41, 5.74) is 2.50. The molecule has 0 aliphatic carbocycles. The van der Waals surface area contributed by atoms with E-state index in [1.165, 1.54) is 11.5 Å². The Kier molecular flexibility index (Phi) is 10.6. The van der Waals surface area contributed by atoms with Gasteiger partial charge in [-0.25, -0.2) is 0 Å².